The first-order chi connectivity index (χ1) is 10.3. The van der Waals surface area contributed by atoms with Gasteiger partial charge in [-0.25, -0.2) is 0 Å². The van der Waals surface area contributed by atoms with Crippen molar-refractivity contribution in [3.05, 3.63) is 42.1 Å². The van der Waals surface area contributed by atoms with Gasteiger partial charge in [0.25, 0.3) is 0 Å². The van der Waals surface area contributed by atoms with Gasteiger partial charge in [0.05, 0.1) is 5.52 Å². The Morgan fingerprint density at radius 1 is 1.23 bits per heavy atom. The summed E-state index contributed by atoms with van der Waals surface area (Å²) in [4.78, 5) is 7.13. The molecular weight excluding hydrogens is 294 g/mol. The Bertz CT molecular complexity index is 579. The van der Waals surface area contributed by atoms with Crippen molar-refractivity contribution < 1.29 is 0 Å². The van der Waals surface area contributed by atoms with Crippen LogP contribution in [0.4, 0.5) is 0 Å². The first-order valence-electron chi connectivity index (χ1n) is 8.12. The summed E-state index contributed by atoms with van der Waals surface area (Å²) in [5, 5.41) is 4.72. The van der Waals surface area contributed by atoms with Gasteiger partial charge in [-0.2, -0.15) is 0 Å². The zero-order valence-electron chi connectivity index (χ0n) is 13.3. The summed E-state index contributed by atoms with van der Waals surface area (Å²) in [5.41, 5.74) is 2.42. The molecule has 2 heterocycles. The van der Waals surface area contributed by atoms with Crippen LogP contribution in [-0.4, -0.2) is 36.1 Å². The third kappa shape index (κ3) is 4.42. The number of para-hydroxylation sites is 1. The number of nitrogens with one attached hydrogen (secondary N) is 1. The summed E-state index contributed by atoms with van der Waals surface area (Å²) in [6, 6.07) is 10.6. The molecule has 1 fully saturated rings. The largest absolute Gasteiger partial charge is 0.317 e. The van der Waals surface area contributed by atoms with Crippen LogP contribution in [0.3, 0.4) is 0 Å². The second kappa shape index (κ2) is 8.47. The Balaban J connectivity index is 0.00000176. The molecule has 4 heteroatoms. The molecule has 0 aliphatic carbocycles. The van der Waals surface area contributed by atoms with Crippen LogP contribution in [0.1, 0.15) is 25.3 Å². The highest BCUT2D eigenvalue weighted by atomic mass is 35.5. The number of nitrogens with zero attached hydrogens (tertiary/aromatic N) is 2. The minimum absolute atomic E-state index is 0. The highest BCUT2D eigenvalue weighted by Crippen LogP contribution is 2.19. The molecule has 0 atom stereocenters. The molecule has 1 aliphatic rings. The summed E-state index contributed by atoms with van der Waals surface area (Å²) < 4.78 is 0. The van der Waals surface area contributed by atoms with Gasteiger partial charge in [0.15, 0.2) is 0 Å². The Morgan fingerprint density at radius 3 is 2.77 bits per heavy atom. The normalized spacial score (nSPS) is 16.6. The molecule has 0 radical (unpaired) electrons. The molecule has 0 saturated carbocycles. The topological polar surface area (TPSA) is 28.2 Å². The number of likely N-dealkylation sites (tertiary alicyclic amines) is 1. The SMILES string of the molecule is CCNCC1CCN(Cc2cnc3ccccc3c2)CC1.Cl. The van der Waals surface area contributed by atoms with E-state index in [0.717, 1.165) is 24.5 Å². The number of piperidine rings is 1. The quantitative estimate of drug-likeness (QED) is 0.914. The van der Waals surface area contributed by atoms with Gasteiger partial charge in [-0.1, -0.05) is 25.1 Å². The van der Waals surface area contributed by atoms with Crippen LogP contribution in [0.15, 0.2) is 36.5 Å². The van der Waals surface area contributed by atoms with Crippen molar-refractivity contribution in [3.63, 3.8) is 0 Å². The Hall–Kier alpha value is -1.16. The van der Waals surface area contributed by atoms with E-state index in [1.807, 2.05) is 12.3 Å². The maximum absolute atomic E-state index is 4.57. The predicted molar refractivity (Wildman–Crippen MR) is 95.5 cm³/mol. The maximum atomic E-state index is 4.57. The average molecular weight is 320 g/mol. The van der Waals surface area contributed by atoms with Crippen LogP contribution in [0.2, 0.25) is 0 Å². The third-order valence-corrected chi connectivity index (χ3v) is 4.44. The highest BCUT2D eigenvalue weighted by molar-refractivity contribution is 5.85. The van der Waals surface area contributed by atoms with Gasteiger partial charge in [-0.15, -0.1) is 12.4 Å². The van der Waals surface area contributed by atoms with Crippen LogP contribution in [-0.2, 0) is 6.54 Å². The number of rotatable bonds is 5. The first kappa shape index (κ1) is 17.2. The van der Waals surface area contributed by atoms with Gasteiger partial charge in [-0.05, 0) is 62.6 Å². The minimum Gasteiger partial charge on any atom is -0.317 e. The molecule has 1 aliphatic heterocycles. The van der Waals surface area contributed by atoms with Crippen molar-refractivity contribution in [2.45, 2.75) is 26.3 Å². The van der Waals surface area contributed by atoms with Crippen molar-refractivity contribution in [1.29, 1.82) is 0 Å². The van der Waals surface area contributed by atoms with E-state index in [9.17, 15) is 0 Å². The predicted octanol–water partition coefficient (Wildman–Crippen LogP) is 3.48. The zero-order chi connectivity index (χ0) is 14.5. The number of hydrogen-bond donors (Lipinski definition) is 1. The lowest BCUT2D eigenvalue weighted by Crippen LogP contribution is -2.36. The number of aromatic nitrogens is 1. The fraction of sp³-hybridized carbons (Fsp3) is 0.500. The van der Waals surface area contributed by atoms with Crippen molar-refractivity contribution in [1.82, 2.24) is 15.2 Å². The number of hydrogen-bond acceptors (Lipinski definition) is 3. The van der Waals surface area contributed by atoms with Gasteiger partial charge >= 0.3 is 0 Å². The van der Waals surface area contributed by atoms with Crippen LogP contribution in [0.5, 0.6) is 0 Å². The fourth-order valence-electron chi connectivity index (χ4n) is 3.16. The average Bonchev–Trinajstić information content (AvgIpc) is 2.54. The third-order valence-electron chi connectivity index (χ3n) is 4.44. The summed E-state index contributed by atoms with van der Waals surface area (Å²) in [6.45, 7) is 7.91. The highest BCUT2D eigenvalue weighted by Gasteiger charge is 2.18. The van der Waals surface area contributed by atoms with Gasteiger partial charge < -0.3 is 5.32 Å². The summed E-state index contributed by atoms with van der Waals surface area (Å²) in [5.74, 6) is 0.857. The standard InChI is InChI=1S/C18H25N3.ClH/c1-2-19-12-15-7-9-21(10-8-15)14-16-11-17-5-3-4-6-18(17)20-13-16;/h3-6,11,13,15,19H,2,7-10,12,14H2,1H3;1H. The Labute approximate surface area is 139 Å². The summed E-state index contributed by atoms with van der Waals surface area (Å²) in [6.07, 6.45) is 4.66. The van der Waals surface area contributed by atoms with E-state index in [2.05, 4.69) is 46.4 Å². The lowest BCUT2D eigenvalue weighted by molar-refractivity contribution is 0.176. The van der Waals surface area contributed by atoms with Crippen molar-refractivity contribution >= 4 is 23.3 Å². The number of fused-ring (bicyclic) bond motifs is 1. The molecule has 3 nitrogen and oxygen atoms in total. The molecule has 1 aromatic heterocycles. The van der Waals surface area contributed by atoms with Crippen LogP contribution in [0.25, 0.3) is 10.9 Å². The molecule has 120 valence electrons. The molecule has 0 unspecified atom stereocenters. The molecular formula is C18H26ClN3. The fourth-order valence-corrected chi connectivity index (χ4v) is 3.16. The van der Waals surface area contributed by atoms with Crippen LogP contribution < -0.4 is 5.32 Å². The van der Waals surface area contributed by atoms with Gasteiger partial charge in [0.2, 0.25) is 0 Å². The van der Waals surface area contributed by atoms with E-state index >= 15 is 0 Å². The van der Waals surface area contributed by atoms with Gasteiger partial charge in [0.1, 0.15) is 0 Å². The van der Waals surface area contributed by atoms with Crippen molar-refractivity contribution in [2.24, 2.45) is 5.92 Å². The molecule has 22 heavy (non-hydrogen) atoms. The summed E-state index contributed by atoms with van der Waals surface area (Å²) in [7, 11) is 0. The van der Waals surface area contributed by atoms with Crippen molar-refractivity contribution in [2.75, 3.05) is 26.2 Å². The monoisotopic (exact) mass is 319 g/mol. The second-order valence-electron chi connectivity index (χ2n) is 6.06. The lowest BCUT2D eigenvalue weighted by Gasteiger charge is -2.32. The van der Waals surface area contributed by atoms with Crippen molar-refractivity contribution in [3.8, 4) is 0 Å². The molecule has 2 aromatic rings. The van der Waals surface area contributed by atoms with E-state index in [1.54, 1.807) is 0 Å². The molecule has 1 aromatic carbocycles. The van der Waals surface area contributed by atoms with E-state index < -0.39 is 0 Å². The summed E-state index contributed by atoms with van der Waals surface area (Å²) >= 11 is 0. The number of benzene rings is 1. The number of pyridine rings is 1. The minimum atomic E-state index is 0. The molecule has 3 rings (SSSR count). The Kier molecular flexibility index (Phi) is 6.62. The maximum Gasteiger partial charge on any atom is 0.0702 e. The Morgan fingerprint density at radius 2 is 2.00 bits per heavy atom. The molecule has 0 spiro atoms. The van der Waals surface area contributed by atoms with Crippen LogP contribution >= 0.6 is 12.4 Å². The van der Waals surface area contributed by atoms with E-state index in [-0.39, 0.29) is 12.4 Å². The molecule has 0 bridgehead atoms. The van der Waals surface area contributed by atoms with Gasteiger partial charge in [-0.3, -0.25) is 9.88 Å². The smallest absolute Gasteiger partial charge is 0.0702 e. The second-order valence-corrected chi connectivity index (χ2v) is 6.06. The van der Waals surface area contributed by atoms with E-state index in [1.165, 1.54) is 43.4 Å². The van der Waals surface area contributed by atoms with E-state index in [0.29, 0.717) is 0 Å². The molecule has 1 saturated heterocycles. The zero-order valence-corrected chi connectivity index (χ0v) is 14.1. The molecule has 0 amide bonds. The van der Waals surface area contributed by atoms with Gasteiger partial charge in [0, 0.05) is 18.1 Å². The lowest BCUT2D eigenvalue weighted by atomic mass is 9.96. The number of halogens is 1. The molecule has 1 N–H and O–H groups in total. The van der Waals surface area contributed by atoms with Crippen LogP contribution in [0, 0.1) is 5.92 Å². The first-order valence-corrected chi connectivity index (χ1v) is 8.12. The van der Waals surface area contributed by atoms with E-state index in [4.69, 9.17) is 0 Å².